The minimum atomic E-state index is -0.0894. The maximum Gasteiger partial charge on any atom is 0.124 e. The fraction of sp³-hybridized carbons (Fsp3) is 0.417. The molecule has 76 valence electrons. The van der Waals surface area contributed by atoms with Gasteiger partial charge in [-0.1, -0.05) is 39.0 Å². The Morgan fingerprint density at radius 2 is 2.14 bits per heavy atom. The zero-order valence-electron chi connectivity index (χ0n) is 8.91. The SMILES string of the molecule is CC(C)C1(C)C=CC=C(O)C(C=N)=C1. The van der Waals surface area contributed by atoms with Gasteiger partial charge in [-0.15, -0.1) is 0 Å². The molecule has 14 heavy (non-hydrogen) atoms. The predicted octanol–water partition coefficient (Wildman–Crippen LogP) is 3.24. The van der Waals surface area contributed by atoms with Gasteiger partial charge in [-0.3, -0.25) is 0 Å². The highest BCUT2D eigenvalue weighted by Gasteiger charge is 2.24. The molecule has 0 spiro atoms. The summed E-state index contributed by atoms with van der Waals surface area (Å²) in [7, 11) is 0. The van der Waals surface area contributed by atoms with Crippen LogP contribution in [-0.2, 0) is 0 Å². The fourth-order valence-corrected chi connectivity index (χ4v) is 1.37. The number of hydrogen-bond acceptors (Lipinski definition) is 2. The first kappa shape index (κ1) is 10.8. The molecule has 0 amide bonds. The standard InChI is InChI=1S/C12H17NO/c1-9(2)12(3)6-4-5-11(14)10(7-12)8-13/h4-9,13-14H,1-3H3. The topological polar surface area (TPSA) is 44.1 Å². The van der Waals surface area contributed by atoms with Crippen LogP contribution in [0.2, 0.25) is 0 Å². The lowest BCUT2D eigenvalue weighted by molar-refractivity contribution is 0.379. The van der Waals surface area contributed by atoms with Crippen LogP contribution in [0.25, 0.3) is 0 Å². The van der Waals surface area contributed by atoms with Crippen molar-refractivity contribution in [1.29, 1.82) is 5.41 Å². The molecular weight excluding hydrogens is 174 g/mol. The molecule has 0 radical (unpaired) electrons. The summed E-state index contributed by atoms with van der Waals surface area (Å²) in [6.45, 7) is 6.36. The minimum Gasteiger partial charge on any atom is -0.507 e. The number of allylic oxidation sites excluding steroid dienone is 5. The lowest BCUT2D eigenvalue weighted by atomic mass is 9.78. The average Bonchev–Trinajstić information content (AvgIpc) is 2.27. The van der Waals surface area contributed by atoms with Crippen molar-refractivity contribution in [3.05, 3.63) is 35.6 Å². The lowest BCUT2D eigenvalue weighted by Gasteiger charge is -2.26. The second-order valence-electron chi connectivity index (χ2n) is 4.18. The van der Waals surface area contributed by atoms with Gasteiger partial charge in [0.1, 0.15) is 5.76 Å². The first-order chi connectivity index (χ1) is 6.49. The van der Waals surface area contributed by atoms with E-state index in [0.717, 1.165) is 0 Å². The highest BCUT2D eigenvalue weighted by Crippen LogP contribution is 2.33. The van der Waals surface area contributed by atoms with Crippen molar-refractivity contribution in [2.24, 2.45) is 11.3 Å². The van der Waals surface area contributed by atoms with Crippen molar-refractivity contribution >= 4 is 6.21 Å². The minimum absolute atomic E-state index is 0.0894. The van der Waals surface area contributed by atoms with Crippen LogP contribution >= 0.6 is 0 Å². The molecule has 0 aromatic carbocycles. The Morgan fingerprint density at radius 1 is 1.50 bits per heavy atom. The first-order valence-electron chi connectivity index (χ1n) is 4.82. The van der Waals surface area contributed by atoms with E-state index in [1.165, 1.54) is 6.21 Å². The van der Waals surface area contributed by atoms with Crippen LogP contribution in [0.5, 0.6) is 0 Å². The molecule has 1 aliphatic carbocycles. The third-order valence-electron chi connectivity index (χ3n) is 2.87. The second kappa shape index (κ2) is 3.82. The molecule has 0 bridgehead atoms. The molecule has 1 rings (SSSR count). The van der Waals surface area contributed by atoms with Crippen molar-refractivity contribution < 1.29 is 5.11 Å². The number of hydrogen-bond donors (Lipinski definition) is 2. The molecule has 2 N–H and O–H groups in total. The quantitative estimate of drug-likeness (QED) is 0.646. The Hall–Kier alpha value is -1.31. The normalized spacial score (nSPS) is 26.9. The Kier molecular flexibility index (Phi) is 2.94. The highest BCUT2D eigenvalue weighted by molar-refractivity contribution is 5.81. The largest absolute Gasteiger partial charge is 0.507 e. The van der Waals surface area contributed by atoms with Crippen LogP contribution in [-0.4, -0.2) is 11.3 Å². The molecule has 0 heterocycles. The smallest absolute Gasteiger partial charge is 0.124 e. The van der Waals surface area contributed by atoms with Crippen molar-refractivity contribution in [2.45, 2.75) is 20.8 Å². The van der Waals surface area contributed by atoms with Crippen molar-refractivity contribution in [2.75, 3.05) is 0 Å². The maximum absolute atomic E-state index is 9.55. The van der Waals surface area contributed by atoms with E-state index >= 15 is 0 Å². The van der Waals surface area contributed by atoms with Gasteiger partial charge in [0, 0.05) is 17.2 Å². The van der Waals surface area contributed by atoms with Crippen LogP contribution in [0.3, 0.4) is 0 Å². The Morgan fingerprint density at radius 3 is 2.64 bits per heavy atom. The zero-order chi connectivity index (χ0) is 10.8. The van der Waals surface area contributed by atoms with Gasteiger partial charge in [-0.2, -0.15) is 0 Å². The summed E-state index contributed by atoms with van der Waals surface area (Å²) in [4.78, 5) is 0. The number of nitrogens with one attached hydrogen (secondary N) is 1. The summed E-state index contributed by atoms with van der Waals surface area (Å²) in [5, 5.41) is 16.8. The van der Waals surface area contributed by atoms with Crippen LogP contribution in [0.1, 0.15) is 20.8 Å². The van der Waals surface area contributed by atoms with Gasteiger partial charge < -0.3 is 10.5 Å². The summed E-state index contributed by atoms with van der Waals surface area (Å²) >= 11 is 0. The molecule has 0 saturated carbocycles. The Labute approximate surface area is 85.2 Å². The lowest BCUT2D eigenvalue weighted by Crippen LogP contribution is -2.18. The molecule has 0 aliphatic heterocycles. The van der Waals surface area contributed by atoms with E-state index < -0.39 is 0 Å². The van der Waals surface area contributed by atoms with E-state index in [1.807, 2.05) is 12.2 Å². The molecule has 2 heteroatoms. The average molecular weight is 191 g/mol. The van der Waals surface area contributed by atoms with Gasteiger partial charge in [0.05, 0.1) is 0 Å². The summed E-state index contributed by atoms with van der Waals surface area (Å²) in [6.07, 6.45) is 8.68. The van der Waals surface area contributed by atoms with E-state index in [4.69, 9.17) is 5.41 Å². The van der Waals surface area contributed by atoms with E-state index in [2.05, 4.69) is 26.8 Å². The summed E-state index contributed by atoms with van der Waals surface area (Å²) in [5.41, 5.74) is 0.500. The van der Waals surface area contributed by atoms with Crippen molar-refractivity contribution in [3.63, 3.8) is 0 Å². The van der Waals surface area contributed by atoms with E-state index in [-0.39, 0.29) is 11.2 Å². The zero-order valence-corrected chi connectivity index (χ0v) is 8.91. The molecule has 1 aliphatic rings. The molecule has 2 nitrogen and oxygen atoms in total. The van der Waals surface area contributed by atoms with Gasteiger partial charge in [-0.25, -0.2) is 0 Å². The summed E-state index contributed by atoms with van der Waals surface area (Å²) < 4.78 is 0. The monoisotopic (exact) mass is 191 g/mol. The highest BCUT2D eigenvalue weighted by atomic mass is 16.3. The second-order valence-corrected chi connectivity index (χ2v) is 4.18. The van der Waals surface area contributed by atoms with Crippen molar-refractivity contribution in [1.82, 2.24) is 0 Å². The Bertz CT molecular complexity index is 323. The number of rotatable bonds is 2. The van der Waals surface area contributed by atoms with E-state index in [1.54, 1.807) is 6.08 Å². The maximum atomic E-state index is 9.55. The molecule has 0 saturated heterocycles. The molecule has 0 aromatic rings. The van der Waals surface area contributed by atoms with E-state index in [0.29, 0.717) is 11.5 Å². The fourth-order valence-electron chi connectivity index (χ4n) is 1.37. The summed E-state index contributed by atoms with van der Waals surface area (Å²) in [5.74, 6) is 0.605. The van der Waals surface area contributed by atoms with Crippen LogP contribution in [0.4, 0.5) is 0 Å². The predicted molar refractivity (Wildman–Crippen MR) is 59.7 cm³/mol. The van der Waals surface area contributed by atoms with Gasteiger partial charge in [0.15, 0.2) is 0 Å². The number of aliphatic hydroxyl groups excluding tert-OH is 1. The Balaban J connectivity index is 3.17. The molecule has 1 atom stereocenters. The van der Waals surface area contributed by atoms with Gasteiger partial charge in [0.25, 0.3) is 0 Å². The molecule has 1 unspecified atom stereocenters. The van der Waals surface area contributed by atoms with Crippen LogP contribution in [0, 0.1) is 16.7 Å². The van der Waals surface area contributed by atoms with Gasteiger partial charge in [-0.05, 0) is 12.0 Å². The van der Waals surface area contributed by atoms with Crippen LogP contribution < -0.4 is 0 Å². The van der Waals surface area contributed by atoms with Crippen LogP contribution in [0.15, 0.2) is 35.6 Å². The molecule has 0 aromatic heterocycles. The third kappa shape index (κ3) is 1.95. The van der Waals surface area contributed by atoms with Crippen molar-refractivity contribution in [3.8, 4) is 0 Å². The first-order valence-corrected chi connectivity index (χ1v) is 4.82. The summed E-state index contributed by atoms with van der Waals surface area (Å²) in [6, 6.07) is 0. The third-order valence-corrected chi connectivity index (χ3v) is 2.87. The molecule has 0 fully saturated rings. The van der Waals surface area contributed by atoms with E-state index in [9.17, 15) is 5.11 Å². The van der Waals surface area contributed by atoms with Gasteiger partial charge in [0.2, 0.25) is 0 Å². The van der Waals surface area contributed by atoms with Gasteiger partial charge >= 0.3 is 0 Å². The number of aliphatic hydroxyl groups is 1. The molecular formula is C12H17NO.